The van der Waals surface area contributed by atoms with E-state index < -0.39 is 29.4 Å². The van der Waals surface area contributed by atoms with Gasteiger partial charge in [0.15, 0.2) is 5.82 Å². The maximum absolute atomic E-state index is 14.6. The van der Waals surface area contributed by atoms with Crippen LogP contribution in [0.2, 0.25) is 5.02 Å². The SMILES string of the molecule is CC(C)C1CCC2(CC1)N=C(c1cc(Cl)cc(C(F)(F)F)c1)C(=O)N2C(CCC(C)(C)C)c1ccc(C(=O)NCc2nn[nH]n2)cc1. The average molecular weight is 672 g/mol. The molecule has 13 heteroatoms. The number of hydrogen-bond acceptors (Lipinski definition) is 6. The summed E-state index contributed by atoms with van der Waals surface area (Å²) in [6.45, 7) is 10.9. The Labute approximate surface area is 277 Å². The number of aromatic nitrogens is 4. The zero-order valence-corrected chi connectivity index (χ0v) is 28.0. The van der Waals surface area contributed by atoms with E-state index in [4.69, 9.17) is 16.6 Å². The van der Waals surface area contributed by atoms with Crippen molar-refractivity contribution in [2.75, 3.05) is 0 Å². The van der Waals surface area contributed by atoms with Crippen molar-refractivity contribution in [3.05, 3.63) is 75.6 Å². The predicted octanol–water partition coefficient (Wildman–Crippen LogP) is 7.54. The fourth-order valence-electron chi connectivity index (χ4n) is 6.63. The van der Waals surface area contributed by atoms with Crippen molar-refractivity contribution in [2.45, 2.75) is 97.6 Å². The fraction of sp³-hybridized carbons (Fsp3) is 0.529. The van der Waals surface area contributed by atoms with Gasteiger partial charge in [-0.3, -0.25) is 14.6 Å². The minimum absolute atomic E-state index is 0.000723. The first-order valence-corrected chi connectivity index (χ1v) is 16.4. The molecule has 252 valence electrons. The summed E-state index contributed by atoms with van der Waals surface area (Å²) in [5.41, 5.74) is -0.601. The van der Waals surface area contributed by atoms with Crippen LogP contribution >= 0.6 is 11.6 Å². The molecule has 2 heterocycles. The van der Waals surface area contributed by atoms with Gasteiger partial charge in [-0.1, -0.05) is 63.6 Å². The minimum Gasteiger partial charge on any atom is -0.345 e. The van der Waals surface area contributed by atoms with E-state index in [0.29, 0.717) is 42.5 Å². The summed E-state index contributed by atoms with van der Waals surface area (Å²) in [7, 11) is 0. The summed E-state index contributed by atoms with van der Waals surface area (Å²) >= 11 is 6.18. The first-order chi connectivity index (χ1) is 22.1. The maximum atomic E-state index is 14.6. The number of H-pyrrole nitrogens is 1. The number of alkyl halides is 3. The van der Waals surface area contributed by atoms with Crippen molar-refractivity contribution in [1.29, 1.82) is 0 Å². The standard InChI is InChI=1S/C34H41ClF3N7O2/c1-20(2)21-10-14-33(15-11-21)40-29(24-16-25(34(36,37)38)18-26(35)17-24)31(47)45(33)27(12-13-32(3,4)5)22-6-8-23(9-7-22)30(46)39-19-28-41-43-44-42-28/h6-9,16-18,20-21,27H,10-15,19H2,1-5H3,(H,39,46)(H,41,42,43,44). The minimum atomic E-state index is -4.64. The molecule has 2 aliphatic rings. The van der Waals surface area contributed by atoms with E-state index >= 15 is 0 Å². The first-order valence-electron chi connectivity index (χ1n) is 16.0. The Morgan fingerprint density at radius 1 is 1.11 bits per heavy atom. The highest BCUT2D eigenvalue weighted by atomic mass is 35.5. The third kappa shape index (κ3) is 7.85. The summed E-state index contributed by atoms with van der Waals surface area (Å²) in [6.07, 6.45) is -0.395. The highest BCUT2D eigenvalue weighted by Gasteiger charge is 2.52. The van der Waals surface area contributed by atoms with Crippen LogP contribution in [-0.2, 0) is 17.5 Å². The molecular formula is C34H41ClF3N7O2. The van der Waals surface area contributed by atoms with Crippen LogP contribution in [0.4, 0.5) is 13.2 Å². The second-order valence-corrected chi connectivity index (χ2v) is 14.6. The number of halogens is 4. The second kappa shape index (κ2) is 13.4. The van der Waals surface area contributed by atoms with Gasteiger partial charge in [0.05, 0.1) is 18.2 Å². The number of rotatable bonds is 9. The third-order valence-electron chi connectivity index (χ3n) is 9.30. The molecule has 1 spiro atoms. The Kier molecular flexibility index (Phi) is 9.82. The largest absolute Gasteiger partial charge is 0.416 e. The molecule has 2 N–H and O–H groups in total. The number of tetrazole rings is 1. The Bertz CT molecular complexity index is 1610. The van der Waals surface area contributed by atoms with Crippen LogP contribution in [0.25, 0.3) is 0 Å². The highest BCUT2D eigenvalue weighted by molar-refractivity contribution is 6.47. The predicted molar refractivity (Wildman–Crippen MR) is 173 cm³/mol. The van der Waals surface area contributed by atoms with E-state index in [9.17, 15) is 22.8 Å². The van der Waals surface area contributed by atoms with Crippen molar-refractivity contribution in [3.63, 3.8) is 0 Å². The van der Waals surface area contributed by atoms with Crippen molar-refractivity contribution >= 4 is 29.1 Å². The number of nitrogens with zero attached hydrogens (tertiary/aromatic N) is 5. The van der Waals surface area contributed by atoms with Gasteiger partial charge in [-0.15, -0.1) is 10.2 Å². The van der Waals surface area contributed by atoms with Crippen LogP contribution < -0.4 is 5.32 Å². The number of benzene rings is 2. The van der Waals surface area contributed by atoms with Crippen LogP contribution in [0.1, 0.15) is 112 Å². The number of hydrogen-bond donors (Lipinski definition) is 2. The molecule has 0 radical (unpaired) electrons. The summed E-state index contributed by atoms with van der Waals surface area (Å²) in [5, 5.41) is 16.2. The summed E-state index contributed by atoms with van der Waals surface area (Å²) in [4.78, 5) is 34.3. The number of aliphatic imine (C=N–C) groups is 1. The molecule has 0 bridgehead atoms. The van der Waals surface area contributed by atoms with Gasteiger partial charge in [0.25, 0.3) is 11.8 Å². The van der Waals surface area contributed by atoms with Gasteiger partial charge in [-0.25, -0.2) is 0 Å². The number of amides is 2. The molecule has 1 aliphatic heterocycles. The van der Waals surface area contributed by atoms with Crippen molar-refractivity contribution in [1.82, 2.24) is 30.8 Å². The molecule has 1 saturated carbocycles. The Balaban J connectivity index is 1.53. The Morgan fingerprint density at radius 2 is 1.79 bits per heavy atom. The van der Waals surface area contributed by atoms with E-state index in [0.717, 1.165) is 37.0 Å². The van der Waals surface area contributed by atoms with Crippen LogP contribution in [0.3, 0.4) is 0 Å². The molecule has 1 aromatic heterocycles. The van der Waals surface area contributed by atoms with Gasteiger partial charge in [-0.2, -0.15) is 18.4 Å². The van der Waals surface area contributed by atoms with Gasteiger partial charge in [-0.05, 0) is 91.7 Å². The zero-order chi connectivity index (χ0) is 34.1. The molecule has 1 fully saturated rings. The normalized spacial score (nSPS) is 21.0. The molecule has 0 saturated heterocycles. The monoisotopic (exact) mass is 671 g/mol. The summed E-state index contributed by atoms with van der Waals surface area (Å²) in [6, 6.07) is 9.88. The fourth-order valence-corrected chi connectivity index (χ4v) is 6.87. The van der Waals surface area contributed by atoms with Crippen molar-refractivity contribution in [3.8, 4) is 0 Å². The van der Waals surface area contributed by atoms with Gasteiger partial charge in [0.1, 0.15) is 11.4 Å². The number of carbonyl (C=O) groups excluding carboxylic acids is 2. The van der Waals surface area contributed by atoms with Gasteiger partial charge in [0.2, 0.25) is 0 Å². The van der Waals surface area contributed by atoms with Crippen LogP contribution in [0, 0.1) is 17.3 Å². The summed E-state index contributed by atoms with van der Waals surface area (Å²) in [5.74, 6) is 0.530. The molecular weight excluding hydrogens is 631 g/mol. The first kappa shape index (κ1) is 34.5. The van der Waals surface area contributed by atoms with Gasteiger partial charge < -0.3 is 10.2 Å². The third-order valence-corrected chi connectivity index (χ3v) is 9.51. The van der Waals surface area contributed by atoms with Crippen LogP contribution in [0.15, 0.2) is 47.5 Å². The van der Waals surface area contributed by atoms with Crippen molar-refractivity contribution in [2.24, 2.45) is 22.2 Å². The highest BCUT2D eigenvalue weighted by Crippen LogP contribution is 2.49. The lowest BCUT2D eigenvalue weighted by atomic mass is 9.75. The topological polar surface area (TPSA) is 116 Å². The molecule has 47 heavy (non-hydrogen) atoms. The molecule has 3 aromatic rings. The van der Waals surface area contributed by atoms with E-state index in [1.165, 1.54) is 6.07 Å². The van der Waals surface area contributed by atoms with E-state index in [1.807, 2.05) is 17.0 Å². The lowest BCUT2D eigenvalue weighted by Gasteiger charge is -2.46. The molecule has 2 amide bonds. The molecule has 2 aromatic carbocycles. The average Bonchev–Trinajstić information content (AvgIpc) is 3.62. The van der Waals surface area contributed by atoms with E-state index in [1.54, 1.807) is 12.1 Å². The smallest absolute Gasteiger partial charge is 0.345 e. The van der Waals surface area contributed by atoms with Crippen molar-refractivity contribution < 1.29 is 22.8 Å². The number of aromatic amines is 1. The van der Waals surface area contributed by atoms with Crippen LogP contribution in [-0.4, -0.2) is 48.7 Å². The van der Waals surface area contributed by atoms with Gasteiger partial charge in [0, 0.05) is 16.1 Å². The second-order valence-electron chi connectivity index (χ2n) is 14.2. The lowest BCUT2D eigenvalue weighted by molar-refractivity contribution is -0.137. The van der Waals surface area contributed by atoms with Crippen LogP contribution in [0.5, 0.6) is 0 Å². The zero-order valence-electron chi connectivity index (χ0n) is 27.3. The number of nitrogens with one attached hydrogen (secondary N) is 2. The lowest BCUT2D eigenvalue weighted by Crippen LogP contribution is -2.51. The molecule has 1 aliphatic carbocycles. The Morgan fingerprint density at radius 3 is 2.36 bits per heavy atom. The quantitative estimate of drug-likeness (QED) is 0.244. The molecule has 1 atom stereocenters. The summed E-state index contributed by atoms with van der Waals surface area (Å²) < 4.78 is 41.4. The number of carbonyl (C=O) groups is 2. The van der Waals surface area contributed by atoms with E-state index in [-0.39, 0.29) is 34.2 Å². The molecule has 9 nitrogen and oxygen atoms in total. The van der Waals surface area contributed by atoms with Gasteiger partial charge >= 0.3 is 6.18 Å². The molecule has 5 rings (SSSR count). The Hall–Kier alpha value is -3.80. The molecule has 1 unspecified atom stereocenters. The maximum Gasteiger partial charge on any atom is 0.416 e. The van der Waals surface area contributed by atoms with E-state index in [2.05, 4.69) is 60.6 Å².